The Labute approximate surface area is 175 Å². The molecule has 0 saturated carbocycles. The van der Waals surface area contributed by atoms with E-state index in [-0.39, 0.29) is 6.54 Å². The quantitative estimate of drug-likeness (QED) is 0.492. The number of benzene rings is 2. The van der Waals surface area contributed by atoms with Gasteiger partial charge in [-0.15, -0.1) is 0 Å². The van der Waals surface area contributed by atoms with E-state index in [1.807, 2.05) is 12.1 Å². The minimum Gasteiger partial charge on any atom is -0.352 e. The average Bonchev–Trinajstić information content (AvgIpc) is 2.69. The van der Waals surface area contributed by atoms with Crippen LogP contribution in [0.25, 0.3) is 11.1 Å². The molecule has 0 unspecified atom stereocenters. The fourth-order valence-electron chi connectivity index (χ4n) is 2.85. The predicted octanol–water partition coefficient (Wildman–Crippen LogP) is 6.05. The summed E-state index contributed by atoms with van der Waals surface area (Å²) in [5, 5.41) is 3.33. The van der Waals surface area contributed by atoms with Gasteiger partial charge in [-0.25, -0.2) is 4.98 Å². The van der Waals surface area contributed by atoms with Crippen molar-refractivity contribution in [3.8, 4) is 11.1 Å². The summed E-state index contributed by atoms with van der Waals surface area (Å²) >= 11 is 12.4. The molecule has 0 atom stereocenters. The van der Waals surface area contributed by atoms with Gasteiger partial charge in [-0.1, -0.05) is 47.5 Å². The van der Waals surface area contributed by atoms with E-state index in [2.05, 4.69) is 10.3 Å². The number of halogens is 5. The zero-order valence-corrected chi connectivity index (χ0v) is 16.4. The lowest BCUT2D eigenvalue weighted by atomic mass is 10.0. The van der Waals surface area contributed by atoms with Gasteiger partial charge in [-0.3, -0.25) is 4.79 Å². The number of aromatic nitrogens is 1. The highest BCUT2D eigenvalue weighted by atomic mass is 35.5. The van der Waals surface area contributed by atoms with Crippen molar-refractivity contribution >= 4 is 29.1 Å². The number of nitrogens with one attached hydrogen (secondary N) is 1. The summed E-state index contributed by atoms with van der Waals surface area (Å²) < 4.78 is 39.1. The van der Waals surface area contributed by atoms with Crippen LogP contribution in [-0.2, 0) is 12.6 Å². The van der Waals surface area contributed by atoms with Crippen LogP contribution in [0.5, 0.6) is 0 Å². The number of carbonyl (C=O) groups excluding carboxylic acids is 1. The second-order valence-electron chi connectivity index (χ2n) is 6.20. The van der Waals surface area contributed by atoms with Crippen molar-refractivity contribution in [2.24, 2.45) is 0 Å². The molecule has 1 N–H and O–H groups in total. The standard InChI is InChI=1S/C21H15Cl2F3N2O/c22-18-12-14(15-5-3-10-27-19(15)23)8-7-13(18)9-11-28-20(29)16-4-1-2-6-17(16)21(24,25)26/h1-8,10,12H,9,11H2,(H,28,29). The Kier molecular flexibility index (Phi) is 6.45. The van der Waals surface area contributed by atoms with Crippen LogP contribution in [-0.4, -0.2) is 17.4 Å². The SMILES string of the molecule is O=C(NCCc1ccc(-c2cccnc2Cl)cc1Cl)c1ccccc1C(F)(F)F. The molecule has 0 spiro atoms. The largest absolute Gasteiger partial charge is 0.417 e. The maximum atomic E-state index is 13.0. The molecule has 1 heterocycles. The highest BCUT2D eigenvalue weighted by Gasteiger charge is 2.34. The molecule has 1 amide bonds. The van der Waals surface area contributed by atoms with Gasteiger partial charge in [0.05, 0.1) is 11.1 Å². The molecule has 0 aliphatic rings. The molecule has 8 heteroatoms. The van der Waals surface area contributed by atoms with Gasteiger partial charge in [0.2, 0.25) is 0 Å². The summed E-state index contributed by atoms with van der Waals surface area (Å²) in [5.74, 6) is -0.784. The molecule has 0 radical (unpaired) electrons. The van der Waals surface area contributed by atoms with Crippen molar-refractivity contribution in [1.29, 1.82) is 0 Å². The minimum atomic E-state index is -4.60. The third-order valence-corrected chi connectivity index (χ3v) is 4.93. The zero-order valence-electron chi connectivity index (χ0n) is 14.9. The van der Waals surface area contributed by atoms with Crippen LogP contribution in [0.1, 0.15) is 21.5 Å². The molecular weight excluding hydrogens is 424 g/mol. The normalized spacial score (nSPS) is 11.3. The van der Waals surface area contributed by atoms with E-state index in [0.29, 0.717) is 16.6 Å². The monoisotopic (exact) mass is 438 g/mol. The van der Waals surface area contributed by atoms with Gasteiger partial charge in [0.15, 0.2) is 0 Å². The number of hydrogen-bond donors (Lipinski definition) is 1. The van der Waals surface area contributed by atoms with Gasteiger partial charge < -0.3 is 5.32 Å². The molecule has 29 heavy (non-hydrogen) atoms. The molecule has 150 valence electrons. The fraction of sp³-hybridized carbons (Fsp3) is 0.143. The topological polar surface area (TPSA) is 42.0 Å². The Morgan fingerprint density at radius 3 is 2.48 bits per heavy atom. The summed E-state index contributed by atoms with van der Waals surface area (Å²) in [6.07, 6.45) is -2.65. The second kappa shape index (κ2) is 8.84. The summed E-state index contributed by atoms with van der Waals surface area (Å²) in [6.45, 7) is 0.137. The molecule has 2 aromatic carbocycles. The first-order valence-corrected chi connectivity index (χ1v) is 9.36. The third kappa shape index (κ3) is 5.08. The lowest BCUT2D eigenvalue weighted by molar-refractivity contribution is -0.137. The smallest absolute Gasteiger partial charge is 0.352 e. The van der Waals surface area contributed by atoms with Crippen LogP contribution >= 0.6 is 23.2 Å². The van der Waals surface area contributed by atoms with Crippen LogP contribution in [0, 0.1) is 0 Å². The van der Waals surface area contributed by atoms with Crippen molar-refractivity contribution < 1.29 is 18.0 Å². The summed E-state index contributed by atoms with van der Waals surface area (Å²) in [5.41, 5.74) is 0.903. The van der Waals surface area contributed by atoms with Crippen molar-refractivity contribution in [2.75, 3.05) is 6.54 Å². The first kappa shape index (κ1) is 21.1. The number of alkyl halides is 3. The van der Waals surface area contributed by atoms with Crippen LogP contribution in [0.3, 0.4) is 0 Å². The Bertz CT molecular complexity index is 1040. The average molecular weight is 439 g/mol. The van der Waals surface area contributed by atoms with Gasteiger partial charge in [0.25, 0.3) is 5.91 Å². The zero-order chi connectivity index (χ0) is 21.0. The Hall–Kier alpha value is -2.57. The molecule has 0 aliphatic heterocycles. The van der Waals surface area contributed by atoms with E-state index < -0.39 is 23.2 Å². The van der Waals surface area contributed by atoms with Gasteiger partial charge in [-0.2, -0.15) is 13.2 Å². The molecule has 0 bridgehead atoms. The summed E-state index contributed by atoms with van der Waals surface area (Å²) in [7, 11) is 0. The van der Waals surface area contributed by atoms with E-state index in [4.69, 9.17) is 23.2 Å². The molecule has 0 saturated heterocycles. The number of rotatable bonds is 5. The van der Waals surface area contributed by atoms with Crippen molar-refractivity contribution in [1.82, 2.24) is 10.3 Å². The molecule has 0 fully saturated rings. The third-order valence-electron chi connectivity index (χ3n) is 4.28. The Morgan fingerprint density at radius 2 is 1.79 bits per heavy atom. The molecule has 3 nitrogen and oxygen atoms in total. The number of hydrogen-bond acceptors (Lipinski definition) is 2. The van der Waals surface area contributed by atoms with E-state index in [1.54, 1.807) is 24.4 Å². The van der Waals surface area contributed by atoms with Crippen molar-refractivity contribution in [2.45, 2.75) is 12.6 Å². The van der Waals surface area contributed by atoms with Crippen molar-refractivity contribution in [3.05, 3.63) is 87.7 Å². The first-order valence-electron chi connectivity index (χ1n) is 8.61. The fourth-order valence-corrected chi connectivity index (χ4v) is 3.36. The Morgan fingerprint density at radius 1 is 1.03 bits per heavy atom. The van der Waals surface area contributed by atoms with Crippen LogP contribution in [0.4, 0.5) is 13.2 Å². The number of nitrogens with zero attached hydrogens (tertiary/aromatic N) is 1. The molecule has 3 rings (SSSR count). The predicted molar refractivity (Wildman–Crippen MR) is 107 cm³/mol. The summed E-state index contributed by atoms with van der Waals surface area (Å²) in [4.78, 5) is 16.2. The van der Waals surface area contributed by atoms with Crippen LogP contribution in [0.15, 0.2) is 60.8 Å². The molecule has 3 aromatic rings. The maximum absolute atomic E-state index is 13.0. The van der Waals surface area contributed by atoms with Crippen LogP contribution in [0.2, 0.25) is 10.2 Å². The first-order chi connectivity index (χ1) is 13.8. The highest BCUT2D eigenvalue weighted by molar-refractivity contribution is 6.33. The van der Waals surface area contributed by atoms with Crippen LogP contribution < -0.4 is 5.32 Å². The number of pyridine rings is 1. The lowest BCUT2D eigenvalue weighted by Gasteiger charge is -2.13. The minimum absolute atomic E-state index is 0.137. The second-order valence-corrected chi connectivity index (χ2v) is 6.96. The van der Waals surface area contributed by atoms with E-state index in [1.165, 1.54) is 12.1 Å². The summed E-state index contributed by atoms with van der Waals surface area (Å²) in [6, 6.07) is 13.6. The van der Waals surface area contributed by atoms with Gasteiger partial charge in [-0.05, 0) is 47.9 Å². The lowest BCUT2D eigenvalue weighted by Crippen LogP contribution is -2.28. The highest BCUT2D eigenvalue weighted by Crippen LogP contribution is 2.32. The van der Waals surface area contributed by atoms with Gasteiger partial charge in [0, 0.05) is 23.3 Å². The van der Waals surface area contributed by atoms with E-state index in [9.17, 15) is 18.0 Å². The van der Waals surface area contributed by atoms with Gasteiger partial charge in [0.1, 0.15) is 5.15 Å². The van der Waals surface area contributed by atoms with Crippen molar-refractivity contribution in [3.63, 3.8) is 0 Å². The van der Waals surface area contributed by atoms with Gasteiger partial charge >= 0.3 is 6.18 Å². The maximum Gasteiger partial charge on any atom is 0.417 e. The number of amides is 1. The van der Waals surface area contributed by atoms with E-state index >= 15 is 0 Å². The molecule has 0 aliphatic carbocycles. The Balaban J connectivity index is 1.67. The number of carbonyl (C=O) groups is 1. The molecular formula is C21H15Cl2F3N2O. The molecule has 1 aromatic heterocycles. The van der Waals surface area contributed by atoms with E-state index in [0.717, 1.165) is 28.8 Å².